The Morgan fingerprint density at radius 2 is 1.86 bits per heavy atom. The van der Waals surface area contributed by atoms with Crippen molar-refractivity contribution in [2.45, 2.75) is 39.2 Å². The average Bonchev–Trinajstić information content (AvgIpc) is 2.45. The molecule has 0 fully saturated rings. The normalized spacial score (nSPS) is 17.4. The van der Waals surface area contributed by atoms with Crippen LogP contribution in [-0.2, 0) is 6.42 Å². The van der Waals surface area contributed by atoms with Crippen LogP contribution >= 0.6 is 15.9 Å². The highest BCUT2D eigenvalue weighted by Gasteiger charge is 2.20. The van der Waals surface area contributed by atoms with Gasteiger partial charge in [0.15, 0.2) is 0 Å². The summed E-state index contributed by atoms with van der Waals surface area (Å²) in [7, 11) is 0. The number of nitrogens with one attached hydrogen (secondary N) is 1. The lowest BCUT2D eigenvalue weighted by atomic mass is 9.87. The number of rotatable bonds is 2. The van der Waals surface area contributed by atoms with Gasteiger partial charge < -0.3 is 10.4 Å². The van der Waals surface area contributed by atoms with E-state index >= 15 is 0 Å². The van der Waals surface area contributed by atoms with E-state index in [1.807, 2.05) is 6.07 Å². The lowest BCUT2D eigenvalue weighted by Crippen LogP contribution is -2.17. The minimum absolute atomic E-state index is 0.279. The molecule has 0 radical (unpaired) electrons. The second-order valence-electron chi connectivity index (χ2n) is 5.90. The molecule has 1 aliphatic carbocycles. The van der Waals surface area contributed by atoms with Crippen LogP contribution in [0, 0.1) is 13.8 Å². The van der Waals surface area contributed by atoms with E-state index in [-0.39, 0.29) is 6.04 Å². The predicted molar refractivity (Wildman–Crippen MR) is 91.0 cm³/mol. The first-order valence-electron chi connectivity index (χ1n) is 7.39. The number of benzene rings is 2. The molecule has 2 N–H and O–H groups in total. The van der Waals surface area contributed by atoms with Gasteiger partial charge in [-0.05, 0) is 79.6 Å². The molecule has 21 heavy (non-hydrogen) atoms. The van der Waals surface area contributed by atoms with Crippen LogP contribution in [0.5, 0.6) is 5.75 Å². The summed E-state index contributed by atoms with van der Waals surface area (Å²) in [5, 5.41) is 13.4. The molecule has 3 rings (SSSR count). The zero-order valence-electron chi connectivity index (χ0n) is 12.4. The number of hydrogen-bond acceptors (Lipinski definition) is 2. The van der Waals surface area contributed by atoms with Gasteiger partial charge in [0.1, 0.15) is 5.75 Å². The van der Waals surface area contributed by atoms with Gasteiger partial charge in [-0.2, -0.15) is 0 Å². The molecule has 0 heterocycles. The fourth-order valence-corrected chi connectivity index (χ4v) is 3.40. The summed E-state index contributed by atoms with van der Waals surface area (Å²) in [5.41, 5.74) is 6.21. The summed E-state index contributed by atoms with van der Waals surface area (Å²) in [6.07, 6.45) is 3.39. The third kappa shape index (κ3) is 2.93. The summed E-state index contributed by atoms with van der Waals surface area (Å²) in [6.45, 7) is 4.23. The third-order valence-electron chi connectivity index (χ3n) is 4.22. The molecule has 0 amide bonds. The van der Waals surface area contributed by atoms with Gasteiger partial charge in [-0.25, -0.2) is 0 Å². The Hall–Kier alpha value is -1.48. The highest BCUT2D eigenvalue weighted by Crippen LogP contribution is 2.35. The average molecular weight is 346 g/mol. The second kappa shape index (κ2) is 5.72. The summed E-state index contributed by atoms with van der Waals surface area (Å²) in [6, 6.07) is 10.4. The fourth-order valence-electron chi connectivity index (χ4n) is 3.17. The maximum Gasteiger partial charge on any atom is 0.115 e. The van der Waals surface area contributed by atoms with E-state index in [4.69, 9.17) is 0 Å². The van der Waals surface area contributed by atoms with Crippen molar-refractivity contribution in [1.82, 2.24) is 0 Å². The summed E-state index contributed by atoms with van der Waals surface area (Å²) < 4.78 is 1.18. The number of hydrogen-bond donors (Lipinski definition) is 2. The number of phenols is 1. The Kier molecular flexibility index (Phi) is 3.94. The van der Waals surface area contributed by atoms with Crippen LogP contribution in [0.1, 0.15) is 41.1 Å². The molecular formula is C18H20BrNO. The van der Waals surface area contributed by atoms with Crippen molar-refractivity contribution in [1.29, 1.82) is 0 Å². The van der Waals surface area contributed by atoms with E-state index in [2.05, 4.69) is 53.3 Å². The van der Waals surface area contributed by atoms with Crippen LogP contribution in [-0.4, -0.2) is 5.11 Å². The fraction of sp³-hybridized carbons (Fsp3) is 0.333. The van der Waals surface area contributed by atoms with Crippen molar-refractivity contribution in [2.75, 3.05) is 5.32 Å². The van der Waals surface area contributed by atoms with Gasteiger partial charge in [0.05, 0.1) is 6.04 Å². The first-order chi connectivity index (χ1) is 10.0. The topological polar surface area (TPSA) is 32.3 Å². The first kappa shape index (κ1) is 14.5. The van der Waals surface area contributed by atoms with Crippen molar-refractivity contribution in [3.8, 4) is 5.75 Å². The van der Waals surface area contributed by atoms with Crippen LogP contribution in [0.25, 0.3) is 0 Å². The SMILES string of the molecule is Cc1cc(NC2CCCc3ccc(O)cc32)cc(C)c1Br. The number of phenolic OH excluding ortho intramolecular Hbond substituents is 1. The van der Waals surface area contributed by atoms with Crippen molar-refractivity contribution in [2.24, 2.45) is 0 Å². The van der Waals surface area contributed by atoms with Gasteiger partial charge in [-0.15, -0.1) is 0 Å². The van der Waals surface area contributed by atoms with Gasteiger partial charge in [-0.1, -0.05) is 22.0 Å². The van der Waals surface area contributed by atoms with Crippen molar-refractivity contribution < 1.29 is 5.11 Å². The van der Waals surface area contributed by atoms with Crippen molar-refractivity contribution >= 4 is 21.6 Å². The molecule has 3 heteroatoms. The van der Waals surface area contributed by atoms with E-state index in [1.54, 1.807) is 6.07 Å². The number of halogens is 1. The number of aromatic hydroxyl groups is 1. The second-order valence-corrected chi connectivity index (χ2v) is 6.69. The molecule has 1 unspecified atom stereocenters. The molecular weight excluding hydrogens is 326 g/mol. The maximum atomic E-state index is 9.76. The molecule has 1 atom stereocenters. The predicted octanol–water partition coefficient (Wildman–Crippen LogP) is 5.26. The smallest absolute Gasteiger partial charge is 0.115 e. The quantitative estimate of drug-likeness (QED) is 0.777. The minimum Gasteiger partial charge on any atom is -0.508 e. The number of aryl methyl sites for hydroxylation is 3. The third-order valence-corrected chi connectivity index (χ3v) is 5.47. The first-order valence-corrected chi connectivity index (χ1v) is 8.19. The summed E-state index contributed by atoms with van der Waals surface area (Å²) in [4.78, 5) is 0. The Balaban J connectivity index is 1.92. The Morgan fingerprint density at radius 1 is 1.14 bits per heavy atom. The van der Waals surface area contributed by atoms with Gasteiger partial charge in [0.25, 0.3) is 0 Å². The molecule has 0 saturated heterocycles. The molecule has 2 nitrogen and oxygen atoms in total. The molecule has 0 aliphatic heterocycles. The molecule has 2 aromatic carbocycles. The molecule has 110 valence electrons. The van der Waals surface area contributed by atoms with E-state index in [1.165, 1.54) is 33.1 Å². The lowest BCUT2D eigenvalue weighted by Gasteiger charge is -2.28. The lowest BCUT2D eigenvalue weighted by molar-refractivity contribution is 0.471. The number of anilines is 1. The van der Waals surface area contributed by atoms with Gasteiger partial charge in [-0.3, -0.25) is 0 Å². The minimum atomic E-state index is 0.279. The molecule has 0 aromatic heterocycles. The Bertz CT molecular complexity index is 658. The van der Waals surface area contributed by atoms with Crippen molar-refractivity contribution in [3.05, 3.63) is 57.1 Å². The van der Waals surface area contributed by atoms with E-state index in [9.17, 15) is 5.11 Å². The van der Waals surface area contributed by atoms with Crippen LogP contribution in [0.4, 0.5) is 5.69 Å². The summed E-state index contributed by atoms with van der Waals surface area (Å²) in [5.74, 6) is 0.352. The highest BCUT2D eigenvalue weighted by molar-refractivity contribution is 9.10. The van der Waals surface area contributed by atoms with E-state index < -0.39 is 0 Å². The molecule has 1 aliphatic rings. The van der Waals surface area contributed by atoms with E-state index in [0.717, 1.165) is 18.5 Å². The molecule has 0 saturated carbocycles. The molecule has 0 spiro atoms. The number of fused-ring (bicyclic) bond motifs is 1. The van der Waals surface area contributed by atoms with Crippen LogP contribution in [0.3, 0.4) is 0 Å². The van der Waals surface area contributed by atoms with Crippen LogP contribution in [0.2, 0.25) is 0 Å². The van der Waals surface area contributed by atoms with Crippen LogP contribution in [0.15, 0.2) is 34.8 Å². The Morgan fingerprint density at radius 3 is 2.57 bits per heavy atom. The van der Waals surface area contributed by atoms with Gasteiger partial charge in [0.2, 0.25) is 0 Å². The van der Waals surface area contributed by atoms with Gasteiger partial charge in [0, 0.05) is 10.2 Å². The van der Waals surface area contributed by atoms with E-state index in [0.29, 0.717) is 5.75 Å². The van der Waals surface area contributed by atoms with Crippen molar-refractivity contribution in [3.63, 3.8) is 0 Å². The standard InChI is InChI=1S/C18H20BrNO/c1-11-8-14(9-12(2)18(11)19)20-17-5-3-4-13-6-7-15(21)10-16(13)17/h6-10,17,20-21H,3-5H2,1-2H3. The molecule has 2 aromatic rings. The molecule has 0 bridgehead atoms. The van der Waals surface area contributed by atoms with Crippen LogP contribution < -0.4 is 5.32 Å². The summed E-state index contributed by atoms with van der Waals surface area (Å²) >= 11 is 3.61. The maximum absolute atomic E-state index is 9.76. The largest absolute Gasteiger partial charge is 0.508 e. The van der Waals surface area contributed by atoms with Gasteiger partial charge >= 0.3 is 0 Å². The zero-order chi connectivity index (χ0) is 15.0. The monoisotopic (exact) mass is 345 g/mol. The Labute approximate surface area is 134 Å². The zero-order valence-corrected chi connectivity index (χ0v) is 14.0. The highest BCUT2D eigenvalue weighted by atomic mass is 79.9.